The number of nitrogens with zero attached hydrogens (tertiary/aromatic N) is 2. The van der Waals surface area contributed by atoms with E-state index in [1.807, 2.05) is 6.07 Å². The smallest absolute Gasteiger partial charge is 0.226 e. The number of carbonyl (C=O) groups excluding carboxylic acids is 1. The van der Waals surface area contributed by atoms with Gasteiger partial charge in [0.2, 0.25) is 5.91 Å². The molecule has 0 unspecified atom stereocenters. The minimum absolute atomic E-state index is 0.0228. The van der Waals surface area contributed by atoms with E-state index in [1.165, 1.54) is 38.2 Å². The van der Waals surface area contributed by atoms with E-state index in [-0.39, 0.29) is 17.8 Å². The number of rotatable bonds is 3. The molecular weight excluding hydrogens is 365 g/mol. The molecule has 5 rings (SSSR count). The van der Waals surface area contributed by atoms with Crippen molar-refractivity contribution in [1.29, 1.82) is 0 Å². The number of hydrogen-bond acceptors (Lipinski definition) is 3. The molecule has 5 heteroatoms. The number of piperidine rings is 1. The van der Waals surface area contributed by atoms with E-state index in [9.17, 15) is 9.18 Å². The first kappa shape index (κ1) is 19.5. The van der Waals surface area contributed by atoms with Crippen LogP contribution in [0.15, 0.2) is 24.3 Å². The second-order valence-corrected chi connectivity index (χ2v) is 9.67. The highest BCUT2D eigenvalue weighted by Crippen LogP contribution is 2.44. The van der Waals surface area contributed by atoms with E-state index in [0.29, 0.717) is 17.7 Å². The highest BCUT2D eigenvalue weighted by atomic mass is 19.1. The quantitative estimate of drug-likeness (QED) is 0.844. The van der Waals surface area contributed by atoms with Crippen LogP contribution >= 0.6 is 0 Å². The van der Waals surface area contributed by atoms with Gasteiger partial charge in [-0.3, -0.25) is 4.79 Å². The first-order valence-corrected chi connectivity index (χ1v) is 11.7. The van der Waals surface area contributed by atoms with Gasteiger partial charge in [0.05, 0.1) is 6.04 Å². The van der Waals surface area contributed by atoms with E-state index in [4.69, 9.17) is 0 Å². The monoisotopic (exact) mass is 399 g/mol. The van der Waals surface area contributed by atoms with Crippen LogP contribution in [0.4, 0.5) is 4.39 Å². The molecule has 3 aliphatic heterocycles. The minimum atomic E-state index is -0.204. The van der Waals surface area contributed by atoms with Crippen molar-refractivity contribution in [3.63, 3.8) is 0 Å². The van der Waals surface area contributed by atoms with Gasteiger partial charge in [-0.1, -0.05) is 31.4 Å². The van der Waals surface area contributed by atoms with Gasteiger partial charge in [0, 0.05) is 37.5 Å². The Bertz CT molecular complexity index is 727. The number of fused-ring (bicyclic) bond motifs is 1. The zero-order valence-corrected chi connectivity index (χ0v) is 17.4. The third-order valence-electron chi connectivity index (χ3n) is 8.01. The molecule has 3 heterocycles. The lowest BCUT2D eigenvalue weighted by atomic mass is 9.88. The Morgan fingerprint density at radius 2 is 1.83 bits per heavy atom. The summed E-state index contributed by atoms with van der Waals surface area (Å²) < 4.78 is 13.9. The molecule has 158 valence electrons. The minimum Gasteiger partial charge on any atom is -0.335 e. The highest BCUT2D eigenvalue weighted by Gasteiger charge is 2.48. The van der Waals surface area contributed by atoms with Crippen molar-refractivity contribution in [2.45, 2.75) is 57.0 Å². The fourth-order valence-corrected chi connectivity index (χ4v) is 6.46. The Labute approximate surface area is 173 Å². The number of nitrogens with one attached hydrogen (secondary N) is 1. The topological polar surface area (TPSA) is 35.6 Å². The van der Waals surface area contributed by atoms with E-state index in [2.05, 4.69) is 15.1 Å². The van der Waals surface area contributed by atoms with E-state index >= 15 is 0 Å². The average molecular weight is 400 g/mol. The fourth-order valence-electron chi connectivity index (χ4n) is 6.46. The summed E-state index contributed by atoms with van der Waals surface area (Å²) in [7, 11) is 0. The Hall–Kier alpha value is -1.46. The maximum atomic E-state index is 13.9. The van der Waals surface area contributed by atoms with Crippen molar-refractivity contribution in [2.24, 2.45) is 17.8 Å². The second kappa shape index (κ2) is 8.35. The standard InChI is InChI=1S/C24H34FN3O/c25-20-6-4-5-18(13-20)23-22-15-26-14-19(22)16-28(23)24(29)17-9-11-27(12-10-17)21-7-2-1-3-8-21/h4-6,13,17,19,21-23,26H,1-3,7-12,14-16H2/t19-,22-,23+/m0/s1. The van der Waals surface area contributed by atoms with Gasteiger partial charge in [-0.05, 0) is 62.4 Å². The normalized spacial score (nSPS) is 31.9. The molecular formula is C24H34FN3O. The summed E-state index contributed by atoms with van der Waals surface area (Å²) in [6.45, 7) is 4.85. The molecule has 0 spiro atoms. The molecule has 1 aromatic rings. The van der Waals surface area contributed by atoms with Crippen LogP contribution < -0.4 is 5.32 Å². The van der Waals surface area contributed by atoms with Crippen molar-refractivity contribution in [1.82, 2.24) is 15.1 Å². The van der Waals surface area contributed by atoms with Crippen molar-refractivity contribution in [2.75, 3.05) is 32.7 Å². The van der Waals surface area contributed by atoms with Crippen LogP contribution in [0, 0.1) is 23.6 Å². The Morgan fingerprint density at radius 1 is 1.03 bits per heavy atom. The molecule has 1 amide bonds. The van der Waals surface area contributed by atoms with Crippen molar-refractivity contribution in [3.05, 3.63) is 35.6 Å². The molecule has 3 saturated heterocycles. The summed E-state index contributed by atoms with van der Waals surface area (Å²) >= 11 is 0. The van der Waals surface area contributed by atoms with Crippen LogP contribution in [0.2, 0.25) is 0 Å². The highest BCUT2D eigenvalue weighted by molar-refractivity contribution is 5.80. The molecule has 1 saturated carbocycles. The van der Waals surface area contributed by atoms with Gasteiger partial charge in [-0.25, -0.2) is 4.39 Å². The number of carbonyl (C=O) groups is 1. The van der Waals surface area contributed by atoms with E-state index in [0.717, 1.165) is 57.2 Å². The summed E-state index contributed by atoms with van der Waals surface area (Å²) in [5.41, 5.74) is 0.967. The van der Waals surface area contributed by atoms with Gasteiger partial charge in [0.25, 0.3) is 0 Å². The first-order chi connectivity index (χ1) is 14.2. The lowest BCUT2D eigenvalue weighted by molar-refractivity contribution is -0.138. The number of amides is 1. The van der Waals surface area contributed by atoms with Gasteiger partial charge in [-0.2, -0.15) is 0 Å². The maximum Gasteiger partial charge on any atom is 0.226 e. The summed E-state index contributed by atoms with van der Waals surface area (Å²) in [4.78, 5) is 18.3. The Morgan fingerprint density at radius 3 is 2.59 bits per heavy atom. The summed E-state index contributed by atoms with van der Waals surface area (Å²) in [6, 6.07) is 7.69. The molecule has 4 fully saturated rings. The summed E-state index contributed by atoms with van der Waals surface area (Å²) in [5, 5.41) is 3.48. The lowest BCUT2D eigenvalue weighted by Crippen LogP contribution is -2.46. The molecule has 0 aromatic heterocycles. The van der Waals surface area contributed by atoms with Gasteiger partial charge in [0.15, 0.2) is 0 Å². The predicted octanol–water partition coefficient (Wildman–Crippen LogP) is 3.59. The third-order valence-corrected chi connectivity index (χ3v) is 8.01. The summed E-state index contributed by atoms with van der Waals surface area (Å²) in [6.07, 6.45) is 8.75. The molecule has 3 atom stereocenters. The van der Waals surface area contributed by atoms with Crippen LogP contribution in [0.1, 0.15) is 56.6 Å². The average Bonchev–Trinajstić information content (AvgIpc) is 3.35. The SMILES string of the molecule is O=C(C1CCN(C2CCCCC2)CC1)N1C[C@@H]2CNC[C@@H]2[C@H]1c1cccc(F)c1. The van der Waals surface area contributed by atoms with Crippen LogP contribution in [-0.4, -0.2) is 54.5 Å². The number of halogens is 1. The largest absolute Gasteiger partial charge is 0.335 e. The molecule has 1 N–H and O–H groups in total. The Kier molecular flexibility index (Phi) is 5.61. The zero-order chi connectivity index (χ0) is 19.8. The van der Waals surface area contributed by atoms with Crippen LogP contribution in [0.25, 0.3) is 0 Å². The van der Waals surface area contributed by atoms with Gasteiger partial charge in [0.1, 0.15) is 5.82 Å². The first-order valence-electron chi connectivity index (χ1n) is 11.7. The number of benzene rings is 1. The van der Waals surface area contributed by atoms with Gasteiger partial charge < -0.3 is 15.1 Å². The van der Waals surface area contributed by atoms with E-state index in [1.54, 1.807) is 12.1 Å². The van der Waals surface area contributed by atoms with Crippen molar-refractivity contribution in [3.8, 4) is 0 Å². The lowest BCUT2D eigenvalue weighted by Gasteiger charge is -2.40. The van der Waals surface area contributed by atoms with Crippen molar-refractivity contribution < 1.29 is 9.18 Å². The molecule has 29 heavy (non-hydrogen) atoms. The van der Waals surface area contributed by atoms with Crippen molar-refractivity contribution >= 4 is 5.91 Å². The van der Waals surface area contributed by atoms with Gasteiger partial charge in [-0.15, -0.1) is 0 Å². The fraction of sp³-hybridized carbons (Fsp3) is 0.708. The van der Waals surface area contributed by atoms with E-state index < -0.39 is 0 Å². The molecule has 1 aromatic carbocycles. The van der Waals surface area contributed by atoms with Crippen LogP contribution in [0.5, 0.6) is 0 Å². The second-order valence-electron chi connectivity index (χ2n) is 9.67. The van der Waals surface area contributed by atoms with Crippen LogP contribution in [-0.2, 0) is 4.79 Å². The van der Waals surface area contributed by atoms with Crippen LogP contribution in [0.3, 0.4) is 0 Å². The molecule has 4 aliphatic rings. The van der Waals surface area contributed by atoms with Gasteiger partial charge >= 0.3 is 0 Å². The maximum absolute atomic E-state index is 13.9. The zero-order valence-electron chi connectivity index (χ0n) is 17.4. The third kappa shape index (κ3) is 3.84. The summed E-state index contributed by atoms with van der Waals surface area (Å²) in [5.74, 6) is 1.15. The molecule has 0 radical (unpaired) electrons. The Balaban J connectivity index is 1.28. The molecule has 4 nitrogen and oxygen atoms in total. The number of likely N-dealkylation sites (tertiary alicyclic amines) is 2. The predicted molar refractivity (Wildman–Crippen MR) is 112 cm³/mol. The molecule has 1 aliphatic carbocycles. The number of hydrogen-bond donors (Lipinski definition) is 1. The molecule has 0 bridgehead atoms.